The minimum absolute atomic E-state index is 0.0853. The minimum Gasteiger partial charge on any atom is -0.378 e. The molecule has 1 aliphatic rings. The van der Waals surface area contributed by atoms with Crippen LogP contribution in [-0.4, -0.2) is 22.2 Å². The zero-order valence-electron chi connectivity index (χ0n) is 10.8. The number of amides is 2. The number of nitrogens with one attached hydrogen (secondary N) is 1. The first kappa shape index (κ1) is 13.6. The van der Waals surface area contributed by atoms with Crippen LogP contribution in [0.3, 0.4) is 0 Å². The van der Waals surface area contributed by atoms with E-state index in [4.69, 9.17) is 5.73 Å². The number of nitrogens with zero attached hydrogens (tertiary/aromatic N) is 1. The van der Waals surface area contributed by atoms with Gasteiger partial charge >= 0.3 is 0 Å². The fraction of sp³-hybridized carbons (Fsp3) is 0.308. The summed E-state index contributed by atoms with van der Waals surface area (Å²) in [4.78, 5) is 27.0. The molecular formula is C13H15N3O2S. The Kier molecular flexibility index (Phi) is 3.90. The lowest BCUT2D eigenvalue weighted by molar-refractivity contribution is -0.121. The molecule has 0 fully saturated rings. The van der Waals surface area contributed by atoms with Crippen molar-refractivity contribution in [1.82, 2.24) is 0 Å². The third kappa shape index (κ3) is 3.57. The highest BCUT2D eigenvalue weighted by atomic mass is 32.2. The van der Waals surface area contributed by atoms with Crippen molar-refractivity contribution in [3.63, 3.8) is 0 Å². The molecular weight excluding hydrogens is 262 g/mol. The summed E-state index contributed by atoms with van der Waals surface area (Å²) in [6.45, 7) is 3.93. The lowest BCUT2D eigenvalue weighted by Gasteiger charge is -2.18. The molecule has 0 bridgehead atoms. The van der Waals surface area contributed by atoms with Crippen molar-refractivity contribution >= 4 is 34.4 Å². The molecule has 1 heterocycles. The zero-order valence-corrected chi connectivity index (χ0v) is 11.6. The van der Waals surface area contributed by atoms with Crippen LogP contribution in [0, 0.1) is 13.8 Å². The number of amidine groups is 1. The van der Waals surface area contributed by atoms with Crippen molar-refractivity contribution in [2.45, 2.75) is 25.5 Å². The van der Waals surface area contributed by atoms with Crippen LogP contribution in [-0.2, 0) is 9.59 Å². The molecule has 100 valence electrons. The average Bonchev–Trinajstić information content (AvgIpc) is 2.25. The van der Waals surface area contributed by atoms with Crippen molar-refractivity contribution in [3.05, 3.63) is 29.3 Å². The summed E-state index contributed by atoms with van der Waals surface area (Å²) in [5.74, 6) is -0.571. The molecule has 3 N–H and O–H groups in total. The number of benzene rings is 1. The number of aryl methyl sites for hydroxylation is 2. The Labute approximate surface area is 115 Å². The van der Waals surface area contributed by atoms with E-state index in [-0.39, 0.29) is 23.4 Å². The summed E-state index contributed by atoms with van der Waals surface area (Å²) in [7, 11) is 0. The van der Waals surface area contributed by atoms with Crippen LogP contribution in [0.5, 0.6) is 0 Å². The highest BCUT2D eigenvalue weighted by Gasteiger charge is 2.27. The second-order valence-electron chi connectivity index (χ2n) is 4.52. The lowest BCUT2D eigenvalue weighted by atomic mass is 10.1. The van der Waals surface area contributed by atoms with Crippen LogP contribution in [0.25, 0.3) is 0 Å². The molecule has 0 saturated heterocycles. The van der Waals surface area contributed by atoms with Gasteiger partial charge in [0, 0.05) is 5.69 Å². The number of carbonyl (C=O) groups excluding carboxylic acids is 2. The van der Waals surface area contributed by atoms with Gasteiger partial charge in [-0.2, -0.15) is 4.99 Å². The Hall–Kier alpha value is -1.82. The Morgan fingerprint density at radius 3 is 2.58 bits per heavy atom. The van der Waals surface area contributed by atoms with E-state index in [9.17, 15) is 9.59 Å². The molecule has 0 radical (unpaired) electrons. The number of hydrogen-bond donors (Lipinski definition) is 2. The summed E-state index contributed by atoms with van der Waals surface area (Å²) >= 11 is 1.12. The molecule has 0 spiro atoms. The fourth-order valence-corrected chi connectivity index (χ4v) is 2.79. The van der Waals surface area contributed by atoms with Crippen LogP contribution in [0.15, 0.2) is 23.2 Å². The van der Waals surface area contributed by atoms with E-state index in [1.165, 1.54) is 0 Å². The van der Waals surface area contributed by atoms with Gasteiger partial charge in [-0.25, -0.2) is 0 Å². The molecule has 1 aromatic rings. The summed E-state index contributed by atoms with van der Waals surface area (Å²) in [6, 6.07) is 5.80. The van der Waals surface area contributed by atoms with Gasteiger partial charge in [0.2, 0.25) is 11.8 Å². The molecule has 1 atom stereocenters. The smallest absolute Gasteiger partial charge is 0.249 e. The zero-order chi connectivity index (χ0) is 14.0. The molecule has 0 unspecified atom stereocenters. The fourth-order valence-electron chi connectivity index (χ4n) is 1.96. The predicted molar refractivity (Wildman–Crippen MR) is 77.2 cm³/mol. The van der Waals surface area contributed by atoms with Crippen LogP contribution in [0.2, 0.25) is 0 Å². The van der Waals surface area contributed by atoms with Gasteiger partial charge in [0.1, 0.15) is 5.25 Å². The van der Waals surface area contributed by atoms with E-state index in [1.54, 1.807) is 0 Å². The average molecular weight is 277 g/mol. The topological polar surface area (TPSA) is 84.5 Å². The molecule has 1 aromatic carbocycles. The number of anilines is 1. The van der Waals surface area contributed by atoms with Gasteiger partial charge < -0.3 is 11.1 Å². The number of hydrogen-bond acceptors (Lipinski definition) is 4. The van der Waals surface area contributed by atoms with Crippen LogP contribution >= 0.6 is 11.8 Å². The van der Waals surface area contributed by atoms with Gasteiger partial charge in [-0.05, 0) is 37.1 Å². The van der Waals surface area contributed by atoms with Gasteiger partial charge in [-0.1, -0.05) is 17.8 Å². The van der Waals surface area contributed by atoms with Crippen molar-refractivity contribution in [2.24, 2.45) is 10.7 Å². The maximum absolute atomic E-state index is 12.1. The maximum Gasteiger partial charge on any atom is 0.249 e. The van der Waals surface area contributed by atoms with Crippen LogP contribution in [0.1, 0.15) is 17.5 Å². The number of aliphatic imine (C=N–C) groups is 1. The molecule has 2 amide bonds. The van der Waals surface area contributed by atoms with Gasteiger partial charge in [-0.3, -0.25) is 9.59 Å². The summed E-state index contributed by atoms with van der Waals surface area (Å²) < 4.78 is 0. The van der Waals surface area contributed by atoms with Crippen molar-refractivity contribution in [2.75, 3.05) is 5.32 Å². The molecule has 0 aliphatic carbocycles. The van der Waals surface area contributed by atoms with E-state index in [1.807, 2.05) is 32.0 Å². The quantitative estimate of drug-likeness (QED) is 0.859. The first-order chi connectivity index (χ1) is 8.94. The second kappa shape index (κ2) is 5.44. The molecule has 5 nitrogen and oxygen atoms in total. The third-order valence-corrected chi connectivity index (χ3v) is 3.64. The molecule has 19 heavy (non-hydrogen) atoms. The monoisotopic (exact) mass is 277 g/mol. The minimum atomic E-state index is -0.509. The van der Waals surface area contributed by atoms with Crippen LogP contribution in [0.4, 0.5) is 5.69 Å². The van der Waals surface area contributed by atoms with Gasteiger partial charge in [0.05, 0.1) is 6.42 Å². The largest absolute Gasteiger partial charge is 0.378 e. The van der Waals surface area contributed by atoms with E-state index < -0.39 is 5.25 Å². The van der Waals surface area contributed by atoms with Gasteiger partial charge in [-0.15, -0.1) is 0 Å². The predicted octanol–water partition coefficient (Wildman–Crippen LogP) is 1.59. The normalized spacial score (nSPS) is 18.9. The highest BCUT2D eigenvalue weighted by Crippen LogP contribution is 2.23. The lowest BCUT2D eigenvalue weighted by Crippen LogP contribution is -2.33. The van der Waals surface area contributed by atoms with E-state index in [0.29, 0.717) is 0 Å². The SMILES string of the molecule is Cc1cc(C)cc(NC(=O)[C@@H]2CC(=O)N=C(N)S2)c1. The van der Waals surface area contributed by atoms with Gasteiger partial charge in [0.15, 0.2) is 5.17 Å². The third-order valence-electron chi connectivity index (χ3n) is 2.64. The van der Waals surface area contributed by atoms with Gasteiger partial charge in [0.25, 0.3) is 0 Å². The Morgan fingerprint density at radius 1 is 1.37 bits per heavy atom. The van der Waals surface area contributed by atoms with E-state index in [2.05, 4.69) is 10.3 Å². The highest BCUT2D eigenvalue weighted by molar-refractivity contribution is 8.15. The summed E-state index contributed by atoms with van der Waals surface area (Å²) in [5, 5.41) is 2.45. The van der Waals surface area contributed by atoms with E-state index >= 15 is 0 Å². The summed E-state index contributed by atoms with van der Waals surface area (Å²) in [5.41, 5.74) is 8.39. The molecule has 0 aromatic heterocycles. The first-order valence-electron chi connectivity index (χ1n) is 5.87. The molecule has 0 saturated carbocycles. The Balaban J connectivity index is 2.09. The Morgan fingerprint density at radius 2 is 2.00 bits per heavy atom. The van der Waals surface area contributed by atoms with Crippen molar-refractivity contribution in [3.8, 4) is 0 Å². The van der Waals surface area contributed by atoms with Crippen molar-refractivity contribution in [1.29, 1.82) is 0 Å². The molecule has 6 heteroatoms. The molecule has 1 aliphatic heterocycles. The maximum atomic E-state index is 12.1. The van der Waals surface area contributed by atoms with E-state index in [0.717, 1.165) is 28.6 Å². The number of carbonyl (C=O) groups is 2. The summed E-state index contributed by atoms with van der Waals surface area (Å²) in [6.07, 6.45) is 0.0853. The number of thioether (sulfide) groups is 1. The molecule has 2 rings (SSSR count). The van der Waals surface area contributed by atoms with Crippen molar-refractivity contribution < 1.29 is 9.59 Å². The number of rotatable bonds is 2. The Bertz CT molecular complexity index is 549. The first-order valence-corrected chi connectivity index (χ1v) is 6.75. The second-order valence-corrected chi connectivity index (χ2v) is 5.74. The number of nitrogens with two attached hydrogens (primary N) is 1. The standard InChI is InChI=1S/C13H15N3O2S/c1-7-3-8(2)5-9(4-7)15-12(18)10-6-11(17)16-13(14)19-10/h3-5,10H,6H2,1-2H3,(H,15,18)(H2,14,16,17)/t10-/m0/s1. The van der Waals surface area contributed by atoms with Crippen LogP contribution < -0.4 is 11.1 Å².